The number of benzene rings is 1. The Hall–Kier alpha value is -0.510. The lowest BCUT2D eigenvalue weighted by molar-refractivity contribution is 0.213. The Morgan fingerprint density at radius 3 is 2.89 bits per heavy atom. The van der Waals surface area contributed by atoms with Gasteiger partial charge in [-0.2, -0.15) is 11.8 Å². The van der Waals surface area contributed by atoms with Crippen molar-refractivity contribution in [3.63, 3.8) is 0 Å². The van der Waals surface area contributed by atoms with E-state index in [0.717, 1.165) is 5.92 Å². The van der Waals surface area contributed by atoms with E-state index in [4.69, 9.17) is 0 Å². The first-order chi connectivity index (χ1) is 9.33. The highest BCUT2D eigenvalue weighted by Crippen LogP contribution is 2.31. The van der Waals surface area contributed by atoms with Crippen LogP contribution in [0.25, 0.3) is 0 Å². The summed E-state index contributed by atoms with van der Waals surface area (Å²) < 4.78 is 0. The average molecular weight is 276 g/mol. The van der Waals surface area contributed by atoms with Crippen molar-refractivity contribution in [2.24, 2.45) is 5.92 Å². The molecule has 0 saturated carbocycles. The molecule has 1 atom stereocenters. The van der Waals surface area contributed by atoms with Crippen molar-refractivity contribution >= 4 is 11.8 Å². The molecule has 1 aromatic carbocycles. The Balaban J connectivity index is 1.56. The van der Waals surface area contributed by atoms with Crippen LogP contribution in [0.1, 0.15) is 30.0 Å². The van der Waals surface area contributed by atoms with Crippen LogP contribution in [0, 0.1) is 5.92 Å². The fourth-order valence-corrected chi connectivity index (χ4v) is 4.26. The van der Waals surface area contributed by atoms with Gasteiger partial charge < -0.3 is 10.2 Å². The van der Waals surface area contributed by atoms with Crippen molar-refractivity contribution in [1.29, 1.82) is 0 Å². The molecule has 0 amide bonds. The fourth-order valence-electron chi connectivity index (χ4n) is 3.13. The van der Waals surface area contributed by atoms with Crippen molar-refractivity contribution < 1.29 is 0 Å². The van der Waals surface area contributed by atoms with E-state index in [1.165, 1.54) is 55.1 Å². The SMILES string of the molecule is CN1CCC(CNC2CSCc3ccccc32)CC1. The standard InChI is InChI=1S/C16H24N2S/c1-18-8-6-13(7-9-18)10-17-16-12-19-11-14-4-2-3-5-15(14)16/h2-5,13,16-17H,6-12H2,1H3. The molecule has 3 heteroatoms. The molecular weight excluding hydrogens is 252 g/mol. The summed E-state index contributed by atoms with van der Waals surface area (Å²) in [4.78, 5) is 2.45. The molecule has 0 bridgehead atoms. The maximum absolute atomic E-state index is 3.82. The van der Waals surface area contributed by atoms with Gasteiger partial charge >= 0.3 is 0 Å². The van der Waals surface area contributed by atoms with E-state index < -0.39 is 0 Å². The predicted molar refractivity (Wildman–Crippen MR) is 83.6 cm³/mol. The highest BCUT2D eigenvalue weighted by Gasteiger charge is 2.22. The molecule has 2 nitrogen and oxygen atoms in total. The fraction of sp³-hybridized carbons (Fsp3) is 0.625. The first kappa shape index (κ1) is 13.5. The molecule has 1 unspecified atom stereocenters. The van der Waals surface area contributed by atoms with Crippen molar-refractivity contribution in [1.82, 2.24) is 10.2 Å². The maximum atomic E-state index is 3.82. The molecule has 19 heavy (non-hydrogen) atoms. The van der Waals surface area contributed by atoms with Gasteiger partial charge in [0.25, 0.3) is 0 Å². The minimum Gasteiger partial charge on any atom is -0.309 e. The Morgan fingerprint density at radius 2 is 2.05 bits per heavy atom. The number of piperidine rings is 1. The highest BCUT2D eigenvalue weighted by atomic mass is 32.2. The second kappa shape index (κ2) is 6.29. The summed E-state index contributed by atoms with van der Waals surface area (Å²) >= 11 is 2.06. The zero-order valence-electron chi connectivity index (χ0n) is 11.8. The summed E-state index contributed by atoms with van der Waals surface area (Å²) in [5, 5.41) is 3.82. The van der Waals surface area contributed by atoms with Gasteiger partial charge in [-0.1, -0.05) is 24.3 Å². The Morgan fingerprint density at radius 1 is 1.26 bits per heavy atom. The quantitative estimate of drug-likeness (QED) is 0.914. The van der Waals surface area contributed by atoms with Crippen LogP contribution >= 0.6 is 11.8 Å². The molecule has 1 N–H and O–H groups in total. The molecule has 0 spiro atoms. The van der Waals surface area contributed by atoms with Gasteiger partial charge in [0.15, 0.2) is 0 Å². The first-order valence-corrected chi connectivity index (χ1v) is 8.56. The molecule has 2 aliphatic heterocycles. The Labute approximate surface area is 121 Å². The molecule has 3 rings (SSSR count). The molecule has 0 radical (unpaired) electrons. The van der Waals surface area contributed by atoms with Gasteiger partial charge in [-0.05, 0) is 56.6 Å². The zero-order valence-corrected chi connectivity index (χ0v) is 12.6. The van der Waals surface area contributed by atoms with Crippen molar-refractivity contribution in [3.8, 4) is 0 Å². The smallest absolute Gasteiger partial charge is 0.0415 e. The molecule has 1 aromatic rings. The lowest BCUT2D eigenvalue weighted by atomic mass is 9.96. The third-order valence-electron chi connectivity index (χ3n) is 4.46. The number of fused-ring (bicyclic) bond motifs is 1. The number of hydrogen-bond donors (Lipinski definition) is 1. The third-order valence-corrected chi connectivity index (χ3v) is 5.55. The summed E-state index contributed by atoms with van der Waals surface area (Å²) in [6.07, 6.45) is 2.70. The van der Waals surface area contributed by atoms with E-state index >= 15 is 0 Å². The zero-order chi connectivity index (χ0) is 13.1. The van der Waals surface area contributed by atoms with E-state index in [9.17, 15) is 0 Å². The Bertz CT molecular complexity index is 413. The van der Waals surface area contributed by atoms with Crippen LogP contribution in [0.4, 0.5) is 0 Å². The van der Waals surface area contributed by atoms with Crippen LogP contribution in [0.15, 0.2) is 24.3 Å². The molecule has 1 saturated heterocycles. The molecule has 1 fully saturated rings. The summed E-state index contributed by atoms with van der Waals surface area (Å²) in [6, 6.07) is 9.50. The Kier molecular flexibility index (Phi) is 4.46. The van der Waals surface area contributed by atoms with Crippen molar-refractivity contribution in [2.45, 2.75) is 24.6 Å². The lowest BCUT2D eigenvalue weighted by Crippen LogP contribution is -2.37. The maximum Gasteiger partial charge on any atom is 0.0415 e. The largest absolute Gasteiger partial charge is 0.309 e. The molecule has 0 aliphatic carbocycles. The van der Waals surface area contributed by atoms with Crippen molar-refractivity contribution in [3.05, 3.63) is 35.4 Å². The van der Waals surface area contributed by atoms with E-state index in [1.807, 2.05) is 0 Å². The van der Waals surface area contributed by atoms with Crippen LogP contribution in [-0.2, 0) is 5.75 Å². The molecule has 2 heterocycles. The topological polar surface area (TPSA) is 15.3 Å². The van der Waals surface area contributed by atoms with Gasteiger partial charge in [0.2, 0.25) is 0 Å². The van der Waals surface area contributed by atoms with Crippen LogP contribution < -0.4 is 5.32 Å². The predicted octanol–water partition coefficient (Wildman–Crippen LogP) is 2.91. The van der Waals surface area contributed by atoms with Crippen LogP contribution in [0.2, 0.25) is 0 Å². The third kappa shape index (κ3) is 3.33. The number of nitrogens with one attached hydrogen (secondary N) is 1. The highest BCUT2D eigenvalue weighted by molar-refractivity contribution is 7.98. The monoisotopic (exact) mass is 276 g/mol. The summed E-state index contributed by atoms with van der Waals surface area (Å²) in [5.41, 5.74) is 3.06. The normalized spacial score (nSPS) is 25.2. The molecular formula is C16H24N2S. The van der Waals surface area contributed by atoms with Gasteiger partial charge in [0.1, 0.15) is 0 Å². The number of likely N-dealkylation sites (tertiary alicyclic amines) is 1. The summed E-state index contributed by atoms with van der Waals surface area (Å²) in [7, 11) is 2.23. The molecule has 104 valence electrons. The summed E-state index contributed by atoms with van der Waals surface area (Å²) in [5.74, 6) is 3.28. The second-order valence-corrected chi connectivity index (χ2v) is 6.95. The van der Waals surface area contributed by atoms with E-state index in [1.54, 1.807) is 0 Å². The number of thioether (sulfide) groups is 1. The van der Waals surface area contributed by atoms with Gasteiger partial charge in [-0.3, -0.25) is 0 Å². The minimum atomic E-state index is 0.564. The van der Waals surface area contributed by atoms with E-state index in [-0.39, 0.29) is 0 Å². The van der Waals surface area contributed by atoms with Crippen LogP contribution in [0.3, 0.4) is 0 Å². The van der Waals surface area contributed by atoms with E-state index in [0.29, 0.717) is 6.04 Å². The minimum absolute atomic E-state index is 0.564. The molecule has 2 aliphatic rings. The first-order valence-electron chi connectivity index (χ1n) is 7.40. The van der Waals surface area contributed by atoms with E-state index in [2.05, 4.69) is 53.3 Å². The number of rotatable bonds is 3. The summed E-state index contributed by atoms with van der Waals surface area (Å²) in [6.45, 7) is 3.72. The van der Waals surface area contributed by atoms with Gasteiger partial charge in [0.05, 0.1) is 0 Å². The van der Waals surface area contributed by atoms with Gasteiger partial charge in [-0.25, -0.2) is 0 Å². The number of nitrogens with zero attached hydrogens (tertiary/aromatic N) is 1. The average Bonchev–Trinajstić information content (AvgIpc) is 2.47. The van der Waals surface area contributed by atoms with Crippen molar-refractivity contribution in [2.75, 3.05) is 32.4 Å². The number of hydrogen-bond acceptors (Lipinski definition) is 3. The molecule has 0 aromatic heterocycles. The lowest BCUT2D eigenvalue weighted by Gasteiger charge is -2.32. The van der Waals surface area contributed by atoms with Crippen LogP contribution in [0.5, 0.6) is 0 Å². The van der Waals surface area contributed by atoms with Gasteiger partial charge in [-0.15, -0.1) is 0 Å². The second-order valence-electron chi connectivity index (χ2n) is 5.92. The van der Waals surface area contributed by atoms with Gasteiger partial charge in [0, 0.05) is 17.5 Å². The van der Waals surface area contributed by atoms with Crippen LogP contribution in [-0.4, -0.2) is 37.3 Å².